The summed E-state index contributed by atoms with van der Waals surface area (Å²) in [5.74, 6) is 0. The summed E-state index contributed by atoms with van der Waals surface area (Å²) in [5, 5.41) is 2.33. The maximum absolute atomic E-state index is 5.41. The van der Waals surface area contributed by atoms with E-state index in [4.69, 9.17) is 4.74 Å². The molecule has 0 amide bonds. The molecule has 0 bridgehead atoms. The van der Waals surface area contributed by atoms with Gasteiger partial charge in [0.25, 0.3) is 0 Å². The number of hydrogen-bond acceptors (Lipinski definition) is 3. The van der Waals surface area contributed by atoms with Crippen molar-refractivity contribution in [2.75, 3.05) is 20.3 Å². The molecule has 0 radical (unpaired) electrons. The van der Waals surface area contributed by atoms with E-state index in [1.54, 1.807) is 0 Å². The van der Waals surface area contributed by atoms with Crippen molar-refractivity contribution < 1.29 is 4.74 Å². The SMILES string of the molecule is CNN(Cc1ccc(C)cc1)C1CCOCC1. The molecule has 94 valence electrons. The summed E-state index contributed by atoms with van der Waals surface area (Å²) in [5.41, 5.74) is 5.99. The van der Waals surface area contributed by atoms with Crippen molar-refractivity contribution in [2.24, 2.45) is 0 Å². The molecule has 1 aromatic carbocycles. The van der Waals surface area contributed by atoms with Gasteiger partial charge in [-0.05, 0) is 32.4 Å². The number of hydrazine groups is 1. The highest BCUT2D eigenvalue weighted by molar-refractivity contribution is 5.21. The Hall–Kier alpha value is -0.900. The molecule has 1 heterocycles. The number of ether oxygens (including phenoxy) is 1. The maximum Gasteiger partial charge on any atom is 0.0481 e. The lowest BCUT2D eigenvalue weighted by atomic mass is 10.1. The summed E-state index contributed by atoms with van der Waals surface area (Å²) in [6.45, 7) is 4.85. The molecule has 1 fully saturated rings. The zero-order chi connectivity index (χ0) is 12.1. The molecule has 2 rings (SSSR count). The predicted molar refractivity (Wildman–Crippen MR) is 69.6 cm³/mol. The fourth-order valence-electron chi connectivity index (χ4n) is 2.28. The van der Waals surface area contributed by atoms with Crippen molar-refractivity contribution in [3.05, 3.63) is 35.4 Å². The lowest BCUT2D eigenvalue weighted by Gasteiger charge is -2.33. The van der Waals surface area contributed by atoms with E-state index < -0.39 is 0 Å². The molecule has 17 heavy (non-hydrogen) atoms. The number of benzene rings is 1. The molecular formula is C14H22N2O. The van der Waals surface area contributed by atoms with E-state index in [2.05, 4.69) is 41.6 Å². The largest absolute Gasteiger partial charge is 0.381 e. The molecule has 1 aliphatic rings. The molecule has 0 saturated carbocycles. The molecular weight excluding hydrogens is 212 g/mol. The second kappa shape index (κ2) is 6.15. The normalized spacial score (nSPS) is 17.6. The number of aryl methyl sites for hydroxylation is 1. The third-order valence-corrected chi connectivity index (χ3v) is 3.39. The Morgan fingerprint density at radius 2 is 1.88 bits per heavy atom. The van der Waals surface area contributed by atoms with Crippen LogP contribution in [-0.4, -0.2) is 31.3 Å². The summed E-state index contributed by atoms with van der Waals surface area (Å²) in [6, 6.07) is 9.35. The van der Waals surface area contributed by atoms with Gasteiger partial charge >= 0.3 is 0 Å². The average molecular weight is 234 g/mol. The van der Waals surface area contributed by atoms with Crippen molar-refractivity contribution in [3.8, 4) is 0 Å². The van der Waals surface area contributed by atoms with Crippen LogP contribution < -0.4 is 5.43 Å². The van der Waals surface area contributed by atoms with Gasteiger partial charge in [-0.3, -0.25) is 5.43 Å². The molecule has 1 aliphatic heterocycles. The topological polar surface area (TPSA) is 24.5 Å². The molecule has 1 aromatic rings. The molecule has 0 unspecified atom stereocenters. The minimum Gasteiger partial charge on any atom is -0.381 e. The van der Waals surface area contributed by atoms with Crippen molar-refractivity contribution in [2.45, 2.75) is 32.4 Å². The van der Waals surface area contributed by atoms with Crippen LogP contribution in [0.1, 0.15) is 24.0 Å². The van der Waals surface area contributed by atoms with E-state index in [1.165, 1.54) is 11.1 Å². The summed E-state index contributed by atoms with van der Waals surface area (Å²) >= 11 is 0. The van der Waals surface area contributed by atoms with E-state index in [-0.39, 0.29) is 0 Å². The van der Waals surface area contributed by atoms with Crippen LogP contribution in [0.25, 0.3) is 0 Å². The van der Waals surface area contributed by atoms with Crippen LogP contribution in [-0.2, 0) is 11.3 Å². The van der Waals surface area contributed by atoms with Crippen LogP contribution in [0.4, 0.5) is 0 Å². The first-order chi connectivity index (χ1) is 8.29. The van der Waals surface area contributed by atoms with Crippen LogP contribution in [0.2, 0.25) is 0 Å². The second-order valence-corrected chi connectivity index (χ2v) is 4.68. The van der Waals surface area contributed by atoms with E-state index in [1.807, 2.05) is 7.05 Å². The first kappa shape index (κ1) is 12.6. The molecule has 0 aliphatic carbocycles. The average Bonchev–Trinajstić information content (AvgIpc) is 2.39. The van der Waals surface area contributed by atoms with Crippen LogP contribution in [0.5, 0.6) is 0 Å². The minimum atomic E-state index is 0.593. The van der Waals surface area contributed by atoms with Gasteiger partial charge in [0.2, 0.25) is 0 Å². The number of rotatable bonds is 4. The number of nitrogens with one attached hydrogen (secondary N) is 1. The van der Waals surface area contributed by atoms with E-state index in [9.17, 15) is 0 Å². The number of hydrogen-bond donors (Lipinski definition) is 1. The van der Waals surface area contributed by atoms with Gasteiger partial charge in [0.15, 0.2) is 0 Å². The van der Waals surface area contributed by atoms with Crippen LogP contribution in [0.3, 0.4) is 0 Å². The molecule has 0 aromatic heterocycles. The van der Waals surface area contributed by atoms with Crippen LogP contribution >= 0.6 is 0 Å². The third kappa shape index (κ3) is 3.53. The highest BCUT2D eigenvalue weighted by Crippen LogP contribution is 2.15. The van der Waals surface area contributed by atoms with Crippen LogP contribution in [0, 0.1) is 6.92 Å². The van der Waals surface area contributed by atoms with Gasteiger partial charge in [-0.2, -0.15) is 0 Å². The Morgan fingerprint density at radius 1 is 1.24 bits per heavy atom. The zero-order valence-corrected chi connectivity index (χ0v) is 10.8. The summed E-state index contributed by atoms with van der Waals surface area (Å²) in [4.78, 5) is 0. The molecule has 1 saturated heterocycles. The van der Waals surface area contributed by atoms with Gasteiger partial charge in [0, 0.05) is 25.8 Å². The van der Waals surface area contributed by atoms with E-state index in [0.29, 0.717) is 6.04 Å². The van der Waals surface area contributed by atoms with Crippen molar-refractivity contribution in [1.82, 2.24) is 10.4 Å². The van der Waals surface area contributed by atoms with E-state index in [0.717, 1.165) is 32.6 Å². The van der Waals surface area contributed by atoms with Gasteiger partial charge < -0.3 is 4.74 Å². The Labute approximate surface area is 104 Å². The Kier molecular flexibility index (Phi) is 4.54. The molecule has 0 spiro atoms. The fraction of sp³-hybridized carbons (Fsp3) is 0.571. The first-order valence-corrected chi connectivity index (χ1v) is 6.37. The summed E-state index contributed by atoms with van der Waals surface area (Å²) in [6.07, 6.45) is 2.24. The van der Waals surface area contributed by atoms with Gasteiger partial charge in [-0.25, -0.2) is 5.01 Å². The molecule has 0 atom stereocenters. The Balaban J connectivity index is 1.96. The Morgan fingerprint density at radius 3 is 2.47 bits per heavy atom. The summed E-state index contributed by atoms with van der Waals surface area (Å²) < 4.78 is 5.41. The van der Waals surface area contributed by atoms with Gasteiger partial charge in [-0.15, -0.1) is 0 Å². The third-order valence-electron chi connectivity index (χ3n) is 3.39. The monoisotopic (exact) mass is 234 g/mol. The van der Waals surface area contributed by atoms with Gasteiger partial charge in [-0.1, -0.05) is 29.8 Å². The quantitative estimate of drug-likeness (QED) is 0.808. The lowest BCUT2D eigenvalue weighted by molar-refractivity contribution is 0.0126. The maximum atomic E-state index is 5.41. The lowest BCUT2D eigenvalue weighted by Crippen LogP contribution is -2.45. The van der Waals surface area contributed by atoms with Crippen molar-refractivity contribution >= 4 is 0 Å². The summed E-state index contributed by atoms with van der Waals surface area (Å²) in [7, 11) is 2.00. The van der Waals surface area contributed by atoms with Crippen molar-refractivity contribution in [3.63, 3.8) is 0 Å². The van der Waals surface area contributed by atoms with Crippen molar-refractivity contribution in [1.29, 1.82) is 0 Å². The highest BCUT2D eigenvalue weighted by atomic mass is 16.5. The van der Waals surface area contributed by atoms with Gasteiger partial charge in [0.1, 0.15) is 0 Å². The molecule has 3 nitrogen and oxygen atoms in total. The van der Waals surface area contributed by atoms with Crippen LogP contribution in [0.15, 0.2) is 24.3 Å². The highest BCUT2D eigenvalue weighted by Gasteiger charge is 2.20. The Bertz CT molecular complexity index is 331. The number of nitrogens with zero attached hydrogens (tertiary/aromatic N) is 1. The molecule has 1 N–H and O–H groups in total. The fourth-order valence-corrected chi connectivity index (χ4v) is 2.28. The first-order valence-electron chi connectivity index (χ1n) is 6.37. The minimum absolute atomic E-state index is 0.593. The smallest absolute Gasteiger partial charge is 0.0481 e. The predicted octanol–water partition coefficient (Wildman–Crippen LogP) is 2.11. The van der Waals surface area contributed by atoms with Gasteiger partial charge in [0.05, 0.1) is 0 Å². The zero-order valence-electron chi connectivity index (χ0n) is 10.8. The van der Waals surface area contributed by atoms with E-state index >= 15 is 0 Å². The second-order valence-electron chi connectivity index (χ2n) is 4.68. The molecule has 3 heteroatoms. The standard InChI is InChI=1S/C14H22N2O/c1-12-3-5-13(6-4-12)11-16(15-2)14-7-9-17-10-8-14/h3-6,14-15H,7-11H2,1-2H3.